The van der Waals surface area contributed by atoms with Crippen molar-refractivity contribution in [3.63, 3.8) is 0 Å². The molecule has 0 radical (unpaired) electrons. The van der Waals surface area contributed by atoms with Crippen LogP contribution < -0.4 is 15.4 Å². The summed E-state index contributed by atoms with van der Waals surface area (Å²) in [6, 6.07) is 14.4. The van der Waals surface area contributed by atoms with Crippen LogP contribution in [-0.2, 0) is 11.0 Å². The quantitative estimate of drug-likeness (QED) is 0.407. The second-order valence-electron chi connectivity index (χ2n) is 7.67. The van der Waals surface area contributed by atoms with Gasteiger partial charge in [-0.25, -0.2) is 0 Å². The lowest BCUT2D eigenvalue weighted by Crippen LogP contribution is -2.30. The number of hydrogen-bond acceptors (Lipinski definition) is 3. The first kappa shape index (κ1) is 25.1. The molecule has 0 aliphatic carbocycles. The van der Waals surface area contributed by atoms with E-state index in [2.05, 4.69) is 10.6 Å². The summed E-state index contributed by atoms with van der Waals surface area (Å²) in [7, 11) is 0. The zero-order chi connectivity index (χ0) is 25.0. The van der Waals surface area contributed by atoms with Crippen LogP contribution in [0.2, 0.25) is 5.02 Å². The van der Waals surface area contributed by atoms with Crippen molar-refractivity contribution < 1.29 is 27.5 Å². The van der Waals surface area contributed by atoms with Gasteiger partial charge in [0, 0.05) is 11.3 Å². The number of halogens is 4. The predicted molar refractivity (Wildman–Crippen MR) is 125 cm³/mol. The number of anilines is 2. The Hall–Kier alpha value is -3.52. The second kappa shape index (κ2) is 10.2. The van der Waals surface area contributed by atoms with E-state index in [1.807, 2.05) is 32.0 Å². The molecule has 0 spiro atoms. The van der Waals surface area contributed by atoms with Gasteiger partial charge >= 0.3 is 6.18 Å². The SMILES string of the molecule is Cc1cccc(NC(=O)c2ccc(O[C@H](C)C(=O)Nc3cc(C(F)(F)F)ccc3Cl)cc2)c1C. The monoisotopic (exact) mass is 490 g/mol. The summed E-state index contributed by atoms with van der Waals surface area (Å²) in [6.07, 6.45) is -5.61. The molecule has 2 N–H and O–H groups in total. The predicted octanol–water partition coefficient (Wildman–Crippen LogP) is 6.63. The van der Waals surface area contributed by atoms with Crippen LogP contribution in [0.25, 0.3) is 0 Å². The number of ether oxygens (including phenoxy) is 1. The summed E-state index contributed by atoms with van der Waals surface area (Å²) in [4.78, 5) is 25.0. The zero-order valence-corrected chi connectivity index (χ0v) is 19.3. The molecule has 3 aromatic rings. The number of aryl methyl sites for hydroxylation is 1. The maximum atomic E-state index is 12.9. The van der Waals surface area contributed by atoms with Crippen LogP contribution in [0.4, 0.5) is 24.5 Å². The number of alkyl halides is 3. The Morgan fingerprint density at radius 1 is 0.941 bits per heavy atom. The molecule has 0 aliphatic rings. The van der Waals surface area contributed by atoms with Gasteiger partial charge in [0.2, 0.25) is 0 Å². The van der Waals surface area contributed by atoms with Crippen molar-refractivity contribution in [2.75, 3.05) is 10.6 Å². The smallest absolute Gasteiger partial charge is 0.416 e. The minimum Gasteiger partial charge on any atom is -0.481 e. The molecule has 9 heteroatoms. The first-order valence-electron chi connectivity index (χ1n) is 10.3. The van der Waals surface area contributed by atoms with Crippen LogP contribution in [0.15, 0.2) is 60.7 Å². The van der Waals surface area contributed by atoms with Gasteiger partial charge in [-0.1, -0.05) is 23.7 Å². The summed E-state index contributed by atoms with van der Waals surface area (Å²) < 4.78 is 44.3. The Labute approximate surface area is 199 Å². The van der Waals surface area contributed by atoms with Gasteiger partial charge in [0.1, 0.15) is 5.75 Å². The molecule has 0 bridgehead atoms. The average molecular weight is 491 g/mol. The second-order valence-corrected chi connectivity index (χ2v) is 8.07. The van der Waals surface area contributed by atoms with Gasteiger partial charge in [0.15, 0.2) is 6.10 Å². The third-order valence-corrected chi connectivity index (χ3v) is 5.53. The van der Waals surface area contributed by atoms with E-state index in [1.54, 1.807) is 12.1 Å². The molecule has 0 heterocycles. The Balaban J connectivity index is 1.63. The number of benzene rings is 3. The summed E-state index contributed by atoms with van der Waals surface area (Å²) >= 11 is 5.92. The fraction of sp³-hybridized carbons (Fsp3) is 0.200. The lowest BCUT2D eigenvalue weighted by atomic mass is 10.1. The van der Waals surface area contributed by atoms with Crippen molar-refractivity contribution >= 4 is 34.8 Å². The first-order valence-corrected chi connectivity index (χ1v) is 10.7. The van der Waals surface area contributed by atoms with Crippen LogP contribution in [-0.4, -0.2) is 17.9 Å². The molecule has 0 aliphatic heterocycles. The first-order chi connectivity index (χ1) is 16.0. The molecule has 1 atom stereocenters. The number of amides is 2. The number of hydrogen-bond donors (Lipinski definition) is 2. The van der Waals surface area contributed by atoms with Crippen LogP contribution in [0.5, 0.6) is 5.75 Å². The number of nitrogens with one attached hydrogen (secondary N) is 2. The molecular formula is C25H22ClF3N2O3. The molecule has 0 saturated carbocycles. The van der Waals surface area contributed by atoms with E-state index in [-0.39, 0.29) is 16.6 Å². The van der Waals surface area contributed by atoms with Crippen molar-refractivity contribution in [3.05, 3.63) is 87.9 Å². The summed E-state index contributed by atoms with van der Waals surface area (Å²) in [6.45, 7) is 5.31. The summed E-state index contributed by atoms with van der Waals surface area (Å²) in [5.74, 6) is -0.677. The standard InChI is InChI=1S/C25H22ClF3N2O3/c1-14-5-4-6-21(15(14)2)30-24(33)17-7-10-19(11-8-17)34-16(3)23(32)31-22-13-18(25(27,28)29)9-12-20(22)26/h4-13,16H,1-3H3,(H,30,33)(H,31,32)/t16-/m1/s1. The van der Waals surface area contributed by atoms with Crippen LogP contribution >= 0.6 is 11.6 Å². The molecule has 5 nitrogen and oxygen atoms in total. The highest BCUT2D eigenvalue weighted by Gasteiger charge is 2.31. The molecule has 0 saturated heterocycles. The third kappa shape index (κ3) is 6.08. The van der Waals surface area contributed by atoms with Gasteiger partial charge in [-0.3, -0.25) is 9.59 Å². The highest BCUT2D eigenvalue weighted by atomic mass is 35.5. The van der Waals surface area contributed by atoms with E-state index < -0.39 is 23.8 Å². The van der Waals surface area contributed by atoms with Gasteiger partial charge in [-0.05, 0) is 80.4 Å². The Morgan fingerprint density at radius 2 is 1.62 bits per heavy atom. The van der Waals surface area contributed by atoms with Crippen molar-refractivity contribution in [3.8, 4) is 5.75 Å². The highest BCUT2D eigenvalue weighted by Crippen LogP contribution is 2.34. The van der Waals surface area contributed by atoms with Gasteiger partial charge in [0.05, 0.1) is 16.3 Å². The average Bonchev–Trinajstić information content (AvgIpc) is 2.78. The van der Waals surface area contributed by atoms with E-state index in [0.717, 1.165) is 29.3 Å². The lowest BCUT2D eigenvalue weighted by molar-refractivity contribution is -0.137. The van der Waals surface area contributed by atoms with Crippen molar-refractivity contribution in [2.24, 2.45) is 0 Å². The van der Waals surface area contributed by atoms with E-state index >= 15 is 0 Å². The Morgan fingerprint density at radius 3 is 2.26 bits per heavy atom. The summed E-state index contributed by atoms with van der Waals surface area (Å²) in [5.41, 5.74) is 2.02. The van der Waals surface area contributed by atoms with E-state index in [9.17, 15) is 22.8 Å². The molecular weight excluding hydrogens is 469 g/mol. The van der Waals surface area contributed by atoms with E-state index in [4.69, 9.17) is 16.3 Å². The van der Waals surface area contributed by atoms with Gasteiger partial charge in [-0.15, -0.1) is 0 Å². The number of carbonyl (C=O) groups is 2. The third-order valence-electron chi connectivity index (χ3n) is 5.20. The molecule has 178 valence electrons. The van der Waals surface area contributed by atoms with Crippen LogP contribution in [0.3, 0.4) is 0 Å². The maximum Gasteiger partial charge on any atom is 0.416 e. The van der Waals surface area contributed by atoms with E-state index in [0.29, 0.717) is 17.0 Å². The van der Waals surface area contributed by atoms with Crippen molar-refractivity contribution in [1.82, 2.24) is 0 Å². The molecule has 0 aromatic heterocycles. The van der Waals surface area contributed by atoms with Gasteiger partial charge < -0.3 is 15.4 Å². The zero-order valence-electron chi connectivity index (χ0n) is 18.6. The summed E-state index contributed by atoms with van der Waals surface area (Å²) in [5, 5.41) is 5.17. The largest absolute Gasteiger partial charge is 0.481 e. The topological polar surface area (TPSA) is 67.4 Å². The number of rotatable bonds is 6. The fourth-order valence-electron chi connectivity index (χ4n) is 3.06. The molecule has 3 aromatic carbocycles. The lowest BCUT2D eigenvalue weighted by Gasteiger charge is -2.17. The highest BCUT2D eigenvalue weighted by molar-refractivity contribution is 6.33. The fourth-order valence-corrected chi connectivity index (χ4v) is 3.22. The minimum atomic E-state index is -4.57. The van der Waals surface area contributed by atoms with Crippen molar-refractivity contribution in [1.29, 1.82) is 0 Å². The minimum absolute atomic E-state index is 0.0345. The Bertz CT molecular complexity index is 1210. The van der Waals surface area contributed by atoms with E-state index in [1.165, 1.54) is 19.1 Å². The molecule has 34 heavy (non-hydrogen) atoms. The van der Waals surface area contributed by atoms with Crippen molar-refractivity contribution in [2.45, 2.75) is 33.1 Å². The molecule has 2 amide bonds. The van der Waals surface area contributed by atoms with Crippen LogP contribution in [0, 0.1) is 13.8 Å². The normalized spacial score (nSPS) is 12.1. The number of carbonyl (C=O) groups excluding carboxylic acids is 2. The van der Waals surface area contributed by atoms with Crippen LogP contribution in [0.1, 0.15) is 34.0 Å². The molecule has 0 unspecified atom stereocenters. The van der Waals surface area contributed by atoms with Gasteiger partial charge in [-0.2, -0.15) is 13.2 Å². The molecule has 0 fully saturated rings. The Kier molecular flexibility index (Phi) is 7.51. The maximum absolute atomic E-state index is 12.9. The van der Waals surface area contributed by atoms with Gasteiger partial charge in [0.25, 0.3) is 11.8 Å². The molecule has 3 rings (SSSR count).